The van der Waals surface area contributed by atoms with E-state index in [1.54, 1.807) is 0 Å². The van der Waals surface area contributed by atoms with Gasteiger partial charge in [-0.3, -0.25) is 10.1 Å². The fourth-order valence-electron chi connectivity index (χ4n) is 2.22. The Balaban J connectivity index is 1.69. The van der Waals surface area contributed by atoms with Crippen molar-refractivity contribution >= 4 is 5.91 Å². The minimum Gasteiger partial charge on any atom is -0.344 e. The van der Waals surface area contributed by atoms with Crippen LogP contribution in [0, 0.1) is 6.54 Å². The van der Waals surface area contributed by atoms with E-state index in [1.807, 2.05) is 67.3 Å². The Morgan fingerprint density at radius 1 is 1.16 bits per heavy atom. The molecule has 2 atom stereocenters. The molecule has 0 spiro atoms. The van der Waals surface area contributed by atoms with Gasteiger partial charge in [0.2, 0.25) is 5.91 Å². The van der Waals surface area contributed by atoms with E-state index >= 15 is 0 Å². The van der Waals surface area contributed by atoms with Crippen LogP contribution in [0.25, 0.3) is 0 Å². The van der Waals surface area contributed by atoms with Crippen molar-refractivity contribution in [3.63, 3.8) is 0 Å². The SMILES string of the molecule is O=C1NC2C=CC=CC2=CC1N[CH]c1ccccc1. The third kappa shape index (κ3) is 2.66. The van der Waals surface area contributed by atoms with Gasteiger partial charge in [-0.1, -0.05) is 60.7 Å². The Morgan fingerprint density at radius 2 is 2.00 bits per heavy atom. The van der Waals surface area contributed by atoms with Gasteiger partial charge in [0, 0.05) is 0 Å². The van der Waals surface area contributed by atoms with Crippen LogP contribution in [0.2, 0.25) is 0 Å². The average molecular weight is 251 g/mol. The highest BCUT2D eigenvalue weighted by molar-refractivity contribution is 5.87. The summed E-state index contributed by atoms with van der Waals surface area (Å²) in [6.07, 6.45) is 9.93. The lowest BCUT2D eigenvalue weighted by Crippen LogP contribution is -2.50. The Labute approximate surface area is 112 Å². The molecule has 1 aliphatic carbocycles. The summed E-state index contributed by atoms with van der Waals surface area (Å²) in [6, 6.07) is 9.60. The second kappa shape index (κ2) is 5.24. The van der Waals surface area contributed by atoms with Crippen LogP contribution < -0.4 is 10.6 Å². The molecule has 2 aliphatic rings. The van der Waals surface area contributed by atoms with Crippen LogP contribution in [-0.2, 0) is 4.79 Å². The second-order valence-electron chi connectivity index (χ2n) is 4.60. The molecule has 95 valence electrons. The number of carbonyl (C=O) groups excluding carboxylic acids is 1. The summed E-state index contributed by atoms with van der Waals surface area (Å²) in [6.45, 7) is 1.87. The molecule has 19 heavy (non-hydrogen) atoms. The molecule has 0 saturated heterocycles. The molecule has 2 N–H and O–H groups in total. The normalized spacial score (nSPS) is 24.6. The lowest BCUT2D eigenvalue weighted by Gasteiger charge is -2.28. The van der Waals surface area contributed by atoms with Crippen LogP contribution in [0.4, 0.5) is 0 Å². The molecule has 1 aromatic rings. The molecule has 1 aromatic carbocycles. The van der Waals surface area contributed by atoms with Gasteiger partial charge in [0.05, 0.1) is 12.6 Å². The lowest BCUT2D eigenvalue weighted by atomic mass is 9.95. The number of hydrogen-bond acceptors (Lipinski definition) is 2. The van der Waals surface area contributed by atoms with E-state index in [-0.39, 0.29) is 18.0 Å². The van der Waals surface area contributed by atoms with Crippen molar-refractivity contribution < 1.29 is 4.79 Å². The molecule has 0 bridgehead atoms. The van der Waals surface area contributed by atoms with E-state index in [0.717, 1.165) is 11.1 Å². The third-order valence-electron chi connectivity index (χ3n) is 3.23. The number of allylic oxidation sites excluding steroid dienone is 2. The van der Waals surface area contributed by atoms with Crippen LogP contribution in [0.3, 0.4) is 0 Å². The topological polar surface area (TPSA) is 41.1 Å². The summed E-state index contributed by atoms with van der Waals surface area (Å²) >= 11 is 0. The average Bonchev–Trinajstić information content (AvgIpc) is 2.46. The number of amides is 1. The highest BCUT2D eigenvalue weighted by atomic mass is 16.2. The van der Waals surface area contributed by atoms with Crippen molar-refractivity contribution in [2.75, 3.05) is 0 Å². The Kier molecular flexibility index (Phi) is 3.29. The Morgan fingerprint density at radius 3 is 2.84 bits per heavy atom. The first-order chi connectivity index (χ1) is 9.33. The maximum absolute atomic E-state index is 12.0. The summed E-state index contributed by atoms with van der Waals surface area (Å²) in [5.74, 6) is 0.000816. The fourth-order valence-corrected chi connectivity index (χ4v) is 2.22. The molecule has 1 radical (unpaired) electrons. The molecular weight excluding hydrogens is 236 g/mol. The van der Waals surface area contributed by atoms with Crippen LogP contribution >= 0.6 is 0 Å². The van der Waals surface area contributed by atoms with Crippen molar-refractivity contribution in [1.29, 1.82) is 0 Å². The molecule has 3 rings (SSSR count). The molecule has 0 aromatic heterocycles. The standard InChI is InChI=1S/C16H15N2O/c19-16-15(17-11-12-6-2-1-3-7-12)10-13-8-4-5-9-14(13)18-16/h1-11,14-15,17H,(H,18,19). The first-order valence-electron chi connectivity index (χ1n) is 6.34. The highest BCUT2D eigenvalue weighted by Crippen LogP contribution is 2.17. The summed E-state index contributed by atoms with van der Waals surface area (Å²) in [7, 11) is 0. The minimum atomic E-state index is -0.317. The van der Waals surface area contributed by atoms with Gasteiger partial charge in [0.1, 0.15) is 6.04 Å². The van der Waals surface area contributed by atoms with Crippen LogP contribution in [0.15, 0.2) is 66.3 Å². The van der Waals surface area contributed by atoms with Gasteiger partial charge in [-0.25, -0.2) is 0 Å². The largest absolute Gasteiger partial charge is 0.344 e. The van der Waals surface area contributed by atoms with Gasteiger partial charge in [0.25, 0.3) is 0 Å². The van der Waals surface area contributed by atoms with Crippen molar-refractivity contribution in [1.82, 2.24) is 10.6 Å². The van der Waals surface area contributed by atoms with Crippen LogP contribution in [-0.4, -0.2) is 18.0 Å². The molecule has 1 amide bonds. The van der Waals surface area contributed by atoms with Crippen molar-refractivity contribution in [3.05, 3.63) is 78.4 Å². The number of carbonyl (C=O) groups is 1. The zero-order valence-corrected chi connectivity index (χ0v) is 10.4. The van der Waals surface area contributed by atoms with E-state index in [9.17, 15) is 4.79 Å². The van der Waals surface area contributed by atoms with Gasteiger partial charge in [0.15, 0.2) is 0 Å². The third-order valence-corrected chi connectivity index (χ3v) is 3.23. The van der Waals surface area contributed by atoms with E-state index in [1.165, 1.54) is 0 Å². The van der Waals surface area contributed by atoms with Gasteiger partial charge in [-0.05, 0) is 11.1 Å². The first kappa shape index (κ1) is 11.9. The number of hydrogen-bond donors (Lipinski definition) is 2. The van der Waals surface area contributed by atoms with Gasteiger partial charge < -0.3 is 5.32 Å². The summed E-state index contributed by atoms with van der Waals surface area (Å²) in [5, 5.41) is 6.13. The van der Waals surface area contributed by atoms with Gasteiger partial charge in [-0.2, -0.15) is 0 Å². The van der Waals surface area contributed by atoms with Crippen molar-refractivity contribution in [2.45, 2.75) is 12.1 Å². The number of fused-ring (bicyclic) bond motifs is 1. The molecule has 3 nitrogen and oxygen atoms in total. The summed E-state index contributed by atoms with van der Waals surface area (Å²) in [4.78, 5) is 12.0. The summed E-state index contributed by atoms with van der Waals surface area (Å²) in [5.41, 5.74) is 2.18. The zero-order chi connectivity index (χ0) is 13.1. The highest BCUT2D eigenvalue weighted by Gasteiger charge is 2.26. The monoisotopic (exact) mass is 251 g/mol. The van der Waals surface area contributed by atoms with Crippen molar-refractivity contribution in [3.8, 4) is 0 Å². The predicted octanol–water partition coefficient (Wildman–Crippen LogP) is 1.71. The van der Waals surface area contributed by atoms with E-state index in [2.05, 4.69) is 10.6 Å². The molecule has 2 unspecified atom stereocenters. The summed E-state index contributed by atoms with van der Waals surface area (Å²) < 4.78 is 0. The minimum absolute atomic E-state index is 0.000816. The molecule has 0 fully saturated rings. The van der Waals surface area contributed by atoms with Crippen molar-refractivity contribution in [2.24, 2.45) is 0 Å². The smallest absolute Gasteiger partial charge is 0.241 e. The Bertz CT molecular complexity index is 557. The van der Waals surface area contributed by atoms with E-state index < -0.39 is 0 Å². The molecule has 1 aliphatic heterocycles. The lowest BCUT2D eigenvalue weighted by molar-refractivity contribution is -0.122. The van der Waals surface area contributed by atoms with Crippen LogP contribution in [0.5, 0.6) is 0 Å². The van der Waals surface area contributed by atoms with E-state index in [0.29, 0.717) is 0 Å². The maximum Gasteiger partial charge on any atom is 0.241 e. The maximum atomic E-state index is 12.0. The number of rotatable bonds is 3. The second-order valence-corrected chi connectivity index (χ2v) is 4.60. The first-order valence-corrected chi connectivity index (χ1v) is 6.34. The number of nitrogens with one attached hydrogen (secondary N) is 2. The number of benzene rings is 1. The molecule has 1 heterocycles. The predicted molar refractivity (Wildman–Crippen MR) is 75.1 cm³/mol. The molecule has 3 heteroatoms. The molecular formula is C16H15N2O. The fraction of sp³-hybridized carbons (Fsp3) is 0.125. The van der Waals surface area contributed by atoms with E-state index in [4.69, 9.17) is 0 Å². The molecule has 0 saturated carbocycles. The quantitative estimate of drug-likeness (QED) is 0.858. The Hall–Kier alpha value is -2.13. The van der Waals surface area contributed by atoms with Crippen LogP contribution in [0.1, 0.15) is 5.56 Å². The van der Waals surface area contributed by atoms with Gasteiger partial charge in [-0.15, -0.1) is 0 Å². The van der Waals surface area contributed by atoms with Gasteiger partial charge >= 0.3 is 0 Å². The zero-order valence-electron chi connectivity index (χ0n) is 10.4.